The zero-order valence-corrected chi connectivity index (χ0v) is 19.3. The van der Waals surface area contributed by atoms with E-state index in [-0.39, 0.29) is 0 Å². The van der Waals surface area contributed by atoms with Crippen molar-refractivity contribution in [2.75, 3.05) is 41.7 Å². The van der Waals surface area contributed by atoms with E-state index in [2.05, 4.69) is 51.7 Å². The highest BCUT2D eigenvalue weighted by molar-refractivity contribution is 9.10. The Morgan fingerprint density at radius 2 is 1.86 bits per heavy atom. The van der Waals surface area contributed by atoms with Crippen LogP contribution in [0.15, 0.2) is 10.5 Å². The molecule has 1 aliphatic heterocycles. The third kappa shape index (κ3) is 4.87. The minimum absolute atomic E-state index is 0.375. The highest BCUT2D eigenvalue weighted by Crippen LogP contribution is 2.35. The third-order valence-corrected chi connectivity index (χ3v) is 6.79. The summed E-state index contributed by atoms with van der Waals surface area (Å²) in [7, 11) is 0. The summed E-state index contributed by atoms with van der Waals surface area (Å²) in [6.45, 7) is 5.43. The topological polar surface area (TPSA) is 78.0 Å². The minimum Gasteiger partial charge on any atom is -0.366 e. The molecule has 156 valence electrons. The smallest absolute Gasteiger partial charge is 0.230 e. The summed E-state index contributed by atoms with van der Waals surface area (Å²) < 4.78 is 0.882. The van der Waals surface area contributed by atoms with E-state index < -0.39 is 0 Å². The third-order valence-electron chi connectivity index (χ3n) is 5.29. The average Bonchev–Trinajstić information content (AvgIpc) is 3.19. The van der Waals surface area contributed by atoms with E-state index in [0.29, 0.717) is 28.0 Å². The van der Waals surface area contributed by atoms with Gasteiger partial charge < -0.3 is 20.9 Å². The van der Waals surface area contributed by atoms with Crippen molar-refractivity contribution in [3.63, 3.8) is 0 Å². The summed E-state index contributed by atoms with van der Waals surface area (Å²) in [5, 5.41) is 10.9. The molecular weight excluding hydrogens is 477 g/mol. The Hall–Kier alpha value is -1.35. The van der Waals surface area contributed by atoms with Crippen molar-refractivity contribution in [3.8, 4) is 0 Å². The molecule has 0 atom stereocenters. The molecule has 3 N–H and O–H groups in total. The molecule has 1 saturated carbocycles. The molecule has 10 heteroatoms. The molecule has 1 saturated heterocycles. The summed E-state index contributed by atoms with van der Waals surface area (Å²) in [6, 6.07) is 2.23. The van der Waals surface area contributed by atoms with Gasteiger partial charge in [-0.2, -0.15) is 4.98 Å². The normalized spacial score (nSPS) is 17.6. The van der Waals surface area contributed by atoms with E-state index in [4.69, 9.17) is 23.2 Å². The Morgan fingerprint density at radius 1 is 1.14 bits per heavy atom. The summed E-state index contributed by atoms with van der Waals surface area (Å²) in [5.74, 6) is 1.77. The van der Waals surface area contributed by atoms with Gasteiger partial charge in [0.15, 0.2) is 5.15 Å². The van der Waals surface area contributed by atoms with E-state index in [1.165, 1.54) is 25.7 Å². The second-order valence-electron chi connectivity index (χ2n) is 7.41. The Morgan fingerprint density at radius 3 is 2.55 bits per heavy atom. The van der Waals surface area contributed by atoms with Crippen LogP contribution in [0.5, 0.6) is 0 Å². The molecule has 4 rings (SSSR count). The molecule has 2 fully saturated rings. The fourth-order valence-electron chi connectivity index (χ4n) is 3.80. The molecule has 0 radical (unpaired) electrons. The van der Waals surface area contributed by atoms with Crippen molar-refractivity contribution in [3.05, 3.63) is 26.4 Å². The molecule has 3 heterocycles. The van der Waals surface area contributed by atoms with Crippen LogP contribution < -0.4 is 20.9 Å². The van der Waals surface area contributed by atoms with E-state index in [1.54, 1.807) is 6.07 Å². The monoisotopic (exact) mass is 499 g/mol. The Bertz CT molecular complexity index is 860. The molecule has 7 nitrogen and oxygen atoms in total. The van der Waals surface area contributed by atoms with Gasteiger partial charge in [-0.25, -0.2) is 9.97 Å². The Balaban J connectivity index is 1.56. The summed E-state index contributed by atoms with van der Waals surface area (Å²) >= 11 is 16.6. The highest BCUT2D eigenvalue weighted by atomic mass is 79.9. The van der Waals surface area contributed by atoms with Crippen molar-refractivity contribution in [2.45, 2.75) is 38.6 Å². The van der Waals surface area contributed by atoms with Crippen LogP contribution in [0.2, 0.25) is 10.2 Å². The van der Waals surface area contributed by atoms with Crippen LogP contribution in [-0.2, 0) is 0 Å². The first kappa shape index (κ1) is 20.9. The second kappa shape index (κ2) is 9.20. The van der Waals surface area contributed by atoms with E-state index in [0.717, 1.165) is 47.9 Å². The lowest BCUT2D eigenvalue weighted by Crippen LogP contribution is -2.43. The predicted molar refractivity (Wildman–Crippen MR) is 123 cm³/mol. The Kier molecular flexibility index (Phi) is 6.63. The van der Waals surface area contributed by atoms with Crippen molar-refractivity contribution in [1.82, 2.24) is 20.3 Å². The number of rotatable bonds is 5. The van der Waals surface area contributed by atoms with E-state index in [1.807, 2.05) is 6.92 Å². The summed E-state index contributed by atoms with van der Waals surface area (Å²) in [4.78, 5) is 15.8. The molecule has 2 aromatic heterocycles. The summed E-state index contributed by atoms with van der Waals surface area (Å²) in [5.41, 5.74) is 1.62. The zero-order valence-electron chi connectivity index (χ0n) is 16.2. The van der Waals surface area contributed by atoms with Crippen LogP contribution in [0.25, 0.3) is 0 Å². The molecule has 0 spiro atoms. The first-order valence-corrected chi connectivity index (χ1v) is 11.5. The predicted octanol–water partition coefficient (Wildman–Crippen LogP) is 4.76. The maximum atomic E-state index is 6.55. The number of nitrogens with one attached hydrogen (secondary N) is 3. The lowest BCUT2D eigenvalue weighted by molar-refractivity contribution is 0.589. The van der Waals surface area contributed by atoms with Crippen LogP contribution in [0.1, 0.15) is 31.4 Å². The maximum absolute atomic E-state index is 6.55. The van der Waals surface area contributed by atoms with Crippen molar-refractivity contribution in [1.29, 1.82) is 0 Å². The zero-order chi connectivity index (χ0) is 20.4. The van der Waals surface area contributed by atoms with Gasteiger partial charge in [0.2, 0.25) is 5.95 Å². The first-order chi connectivity index (χ1) is 14.0. The van der Waals surface area contributed by atoms with Crippen LogP contribution in [0.3, 0.4) is 0 Å². The Labute approximate surface area is 189 Å². The van der Waals surface area contributed by atoms with Gasteiger partial charge in [0.25, 0.3) is 0 Å². The fourth-order valence-corrected chi connectivity index (χ4v) is 4.77. The number of hydrogen-bond acceptors (Lipinski definition) is 7. The van der Waals surface area contributed by atoms with E-state index >= 15 is 0 Å². The van der Waals surface area contributed by atoms with Gasteiger partial charge in [0.05, 0.1) is 20.9 Å². The van der Waals surface area contributed by atoms with E-state index in [9.17, 15) is 0 Å². The van der Waals surface area contributed by atoms with Gasteiger partial charge in [-0.05, 0) is 35.7 Å². The van der Waals surface area contributed by atoms with Gasteiger partial charge in [-0.3, -0.25) is 0 Å². The SMILES string of the molecule is Cc1nc(Nc2cc(Cl)c(N3CCNCC3)c(Cl)n2)nc(NC2CCCC2)c1Br. The van der Waals surface area contributed by atoms with Gasteiger partial charge in [0, 0.05) is 38.3 Å². The highest BCUT2D eigenvalue weighted by Gasteiger charge is 2.21. The lowest BCUT2D eigenvalue weighted by Gasteiger charge is -2.30. The van der Waals surface area contributed by atoms with Gasteiger partial charge >= 0.3 is 0 Å². The number of anilines is 4. The van der Waals surface area contributed by atoms with Crippen molar-refractivity contribution >= 4 is 62.4 Å². The molecule has 0 bridgehead atoms. The molecule has 0 amide bonds. The van der Waals surface area contributed by atoms with Crippen LogP contribution in [-0.4, -0.2) is 47.2 Å². The van der Waals surface area contributed by atoms with Crippen LogP contribution >= 0.6 is 39.1 Å². The first-order valence-electron chi connectivity index (χ1n) is 9.90. The van der Waals surface area contributed by atoms with Gasteiger partial charge in [0.1, 0.15) is 11.6 Å². The van der Waals surface area contributed by atoms with Crippen LogP contribution in [0.4, 0.5) is 23.3 Å². The fraction of sp³-hybridized carbons (Fsp3) is 0.526. The largest absolute Gasteiger partial charge is 0.366 e. The number of hydrogen-bond donors (Lipinski definition) is 3. The summed E-state index contributed by atoms with van der Waals surface area (Å²) in [6.07, 6.45) is 4.84. The molecule has 2 aliphatic rings. The van der Waals surface area contributed by atoms with Crippen molar-refractivity contribution < 1.29 is 0 Å². The number of nitrogens with zero attached hydrogens (tertiary/aromatic N) is 4. The average molecular weight is 501 g/mol. The molecule has 29 heavy (non-hydrogen) atoms. The van der Waals surface area contributed by atoms with Crippen LogP contribution in [0, 0.1) is 6.92 Å². The van der Waals surface area contributed by atoms with Gasteiger partial charge in [-0.1, -0.05) is 36.0 Å². The number of aryl methyl sites for hydroxylation is 1. The quantitative estimate of drug-likeness (QED) is 0.511. The maximum Gasteiger partial charge on any atom is 0.230 e. The second-order valence-corrected chi connectivity index (χ2v) is 8.97. The molecule has 0 aromatic carbocycles. The van der Waals surface area contributed by atoms with Crippen molar-refractivity contribution in [2.24, 2.45) is 0 Å². The lowest BCUT2D eigenvalue weighted by atomic mass is 10.2. The molecule has 2 aromatic rings. The van der Waals surface area contributed by atoms with Gasteiger partial charge in [-0.15, -0.1) is 0 Å². The number of pyridine rings is 1. The molecular formula is C19H24BrCl2N7. The standard InChI is InChI=1S/C19H24BrCl2N7/c1-11-15(20)18(25-12-4-2-3-5-12)28-19(24-11)27-14-10-13(21)16(17(22)26-14)29-8-6-23-7-9-29/h10,12,23H,2-9H2,1H3,(H2,24,25,26,27,28). The molecule has 0 unspecified atom stereocenters. The minimum atomic E-state index is 0.375. The molecule has 1 aliphatic carbocycles. The number of piperazine rings is 1. The number of aromatic nitrogens is 3. The number of halogens is 3.